The molecule has 1 heterocycles. The molecule has 1 N–H and O–H groups in total. The molecule has 1 atom stereocenters. The van der Waals surface area contributed by atoms with Gasteiger partial charge in [-0.05, 0) is 49.1 Å². The zero-order chi connectivity index (χ0) is 19.6. The van der Waals surface area contributed by atoms with Gasteiger partial charge >= 0.3 is 0 Å². The number of aryl methyl sites for hydroxylation is 2. The van der Waals surface area contributed by atoms with Gasteiger partial charge in [-0.25, -0.2) is 4.39 Å². The minimum Gasteiger partial charge on any atom is -0.342 e. The maximum atomic E-state index is 13.7. The summed E-state index contributed by atoms with van der Waals surface area (Å²) in [6.45, 7) is 4.55. The molecule has 0 saturated carbocycles. The molecule has 3 rings (SSSR count). The van der Waals surface area contributed by atoms with E-state index >= 15 is 0 Å². The van der Waals surface area contributed by atoms with E-state index in [2.05, 4.69) is 5.32 Å². The molecule has 2 amide bonds. The zero-order valence-corrected chi connectivity index (χ0v) is 16.1. The third-order valence-corrected chi connectivity index (χ3v) is 5.17. The summed E-state index contributed by atoms with van der Waals surface area (Å²) in [5.74, 6) is -1.01. The maximum Gasteiger partial charge on any atom is 0.229 e. The highest BCUT2D eigenvalue weighted by Crippen LogP contribution is 2.29. The van der Waals surface area contributed by atoms with Gasteiger partial charge in [-0.3, -0.25) is 9.59 Å². The van der Waals surface area contributed by atoms with Crippen LogP contribution in [0.2, 0.25) is 5.02 Å². The molecule has 0 aliphatic carbocycles. The molecule has 1 fully saturated rings. The number of hydrogen-bond acceptors (Lipinski definition) is 2. The van der Waals surface area contributed by atoms with E-state index in [0.717, 1.165) is 11.1 Å². The van der Waals surface area contributed by atoms with Crippen LogP contribution in [0.15, 0.2) is 36.4 Å². The average molecular weight is 389 g/mol. The van der Waals surface area contributed by atoms with Gasteiger partial charge in [0.25, 0.3) is 0 Å². The van der Waals surface area contributed by atoms with E-state index < -0.39 is 5.92 Å². The van der Waals surface area contributed by atoms with Crippen LogP contribution in [0.25, 0.3) is 0 Å². The number of benzene rings is 2. The Bertz CT molecular complexity index is 861. The second-order valence-corrected chi connectivity index (χ2v) is 7.42. The van der Waals surface area contributed by atoms with Crippen LogP contribution in [0.1, 0.15) is 23.1 Å². The van der Waals surface area contributed by atoms with Gasteiger partial charge in [-0.1, -0.05) is 35.9 Å². The highest BCUT2D eigenvalue weighted by Gasteiger charge is 2.34. The number of likely N-dealkylation sites (tertiary alicyclic amines) is 1. The largest absolute Gasteiger partial charge is 0.342 e. The Kier molecular flexibility index (Phi) is 5.80. The van der Waals surface area contributed by atoms with Gasteiger partial charge in [0.2, 0.25) is 11.8 Å². The second-order valence-electron chi connectivity index (χ2n) is 7.01. The van der Waals surface area contributed by atoms with Crippen molar-refractivity contribution in [3.8, 4) is 0 Å². The minimum atomic E-state index is -0.435. The smallest absolute Gasteiger partial charge is 0.229 e. The van der Waals surface area contributed by atoms with Crippen LogP contribution in [0.5, 0.6) is 0 Å². The lowest BCUT2D eigenvalue weighted by Gasteiger charge is -2.17. The minimum absolute atomic E-state index is 0.0850. The fourth-order valence-corrected chi connectivity index (χ4v) is 3.79. The molecule has 142 valence electrons. The molecule has 2 aromatic carbocycles. The summed E-state index contributed by atoms with van der Waals surface area (Å²) < 4.78 is 13.7. The SMILES string of the molecule is Cc1cc(C)c(NC(=O)C2CC(=O)N(CCc3ccccc3F)C2)c(Cl)c1. The van der Waals surface area contributed by atoms with E-state index in [9.17, 15) is 14.0 Å². The number of halogens is 2. The van der Waals surface area contributed by atoms with Crippen molar-refractivity contribution < 1.29 is 14.0 Å². The Morgan fingerprint density at radius 1 is 1.30 bits per heavy atom. The zero-order valence-electron chi connectivity index (χ0n) is 15.4. The standard InChI is InChI=1S/C21H22ClFN2O2/c1-13-9-14(2)20(17(22)10-13)24-21(27)16-11-19(26)25(12-16)8-7-15-5-3-4-6-18(15)23/h3-6,9-10,16H,7-8,11-12H2,1-2H3,(H,24,27). The first-order valence-electron chi connectivity index (χ1n) is 8.94. The van der Waals surface area contributed by atoms with Crippen molar-refractivity contribution in [3.63, 3.8) is 0 Å². The Morgan fingerprint density at radius 3 is 2.74 bits per heavy atom. The van der Waals surface area contributed by atoms with Crippen molar-refractivity contribution in [1.29, 1.82) is 0 Å². The van der Waals surface area contributed by atoms with E-state index in [4.69, 9.17) is 11.6 Å². The summed E-state index contributed by atoms with van der Waals surface area (Å²) in [6, 6.07) is 10.3. The van der Waals surface area contributed by atoms with Gasteiger partial charge in [0.05, 0.1) is 16.6 Å². The fourth-order valence-electron chi connectivity index (χ4n) is 3.42. The van der Waals surface area contributed by atoms with E-state index in [1.54, 1.807) is 29.2 Å². The monoisotopic (exact) mass is 388 g/mol. The molecular weight excluding hydrogens is 367 g/mol. The van der Waals surface area contributed by atoms with Crippen LogP contribution in [-0.2, 0) is 16.0 Å². The number of nitrogens with one attached hydrogen (secondary N) is 1. The van der Waals surface area contributed by atoms with Gasteiger partial charge in [0, 0.05) is 19.5 Å². The molecule has 1 unspecified atom stereocenters. The van der Waals surface area contributed by atoms with Gasteiger partial charge in [0.15, 0.2) is 0 Å². The number of hydrogen-bond donors (Lipinski definition) is 1. The van der Waals surface area contributed by atoms with Gasteiger partial charge in [0.1, 0.15) is 5.82 Å². The number of carbonyl (C=O) groups is 2. The van der Waals surface area contributed by atoms with Crippen LogP contribution in [0, 0.1) is 25.6 Å². The Balaban J connectivity index is 1.61. The van der Waals surface area contributed by atoms with Crippen molar-refractivity contribution in [1.82, 2.24) is 4.90 Å². The van der Waals surface area contributed by atoms with Gasteiger partial charge in [-0.15, -0.1) is 0 Å². The molecule has 0 aromatic heterocycles. The fraction of sp³-hybridized carbons (Fsp3) is 0.333. The number of anilines is 1. The lowest BCUT2D eigenvalue weighted by Crippen LogP contribution is -2.30. The van der Waals surface area contributed by atoms with Crippen molar-refractivity contribution in [2.75, 3.05) is 18.4 Å². The molecular formula is C21H22ClFN2O2. The highest BCUT2D eigenvalue weighted by atomic mass is 35.5. The first-order valence-corrected chi connectivity index (χ1v) is 9.31. The van der Waals surface area contributed by atoms with E-state index in [1.165, 1.54) is 6.07 Å². The lowest BCUT2D eigenvalue weighted by molar-refractivity contribution is -0.128. The first kappa shape index (κ1) is 19.4. The number of carbonyl (C=O) groups excluding carboxylic acids is 2. The molecule has 0 bridgehead atoms. The quantitative estimate of drug-likeness (QED) is 0.837. The Hall–Kier alpha value is -2.40. The van der Waals surface area contributed by atoms with Crippen LogP contribution in [-0.4, -0.2) is 29.8 Å². The molecule has 2 aromatic rings. The molecule has 27 heavy (non-hydrogen) atoms. The van der Waals surface area contributed by atoms with Crippen LogP contribution in [0.4, 0.5) is 10.1 Å². The molecule has 0 spiro atoms. The topological polar surface area (TPSA) is 49.4 Å². The normalized spacial score (nSPS) is 16.7. The van der Waals surface area contributed by atoms with Gasteiger partial charge < -0.3 is 10.2 Å². The third kappa shape index (κ3) is 4.48. The van der Waals surface area contributed by atoms with Crippen LogP contribution in [0.3, 0.4) is 0 Å². The predicted molar refractivity (Wildman–Crippen MR) is 104 cm³/mol. The summed E-state index contributed by atoms with van der Waals surface area (Å²) in [5, 5.41) is 3.35. The van der Waals surface area contributed by atoms with Crippen molar-refractivity contribution >= 4 is 29.1 Å². The Morgan fingerprint density at radius 2 is 2.04 bits per heavy atom. The van der Waals surface area contributed by atoms with Crippen molar-refractivity contribution in [3.05, 3.63) is 63.9 Å². The molecule has 1 saturated heterocycles. The van der Waals surface area contributed by atoms with Crippen molar-refractivity contribution in [2.45, 2.75) is 26.7 Å². The molecule has 6 heteroatoms. The summed E-state index contributed by atoms with van der Waals surface area (Å²) in [4.78, 5) is 26.5. The van der Waals surface area contributed by atoms with E-state index in [-0.39, 0.29) is 24.1 Å². The number of amides is 2. The number of nitrogens with zero attached hydrogens (tertiary/aromatic N) is 1. The van der Waals surface area contributed by atoms with Gasteiger partial charge in [-0.2, -0.15) is 0 Å². The molecule has 1 aliphatic rings. The maximum absolute atomic E-state index is 13.7. The Labute approximate surface area is 163 Å². The summed E-state index contributed by atoms with van der Waals surface area (Å²) in [5.41, 5.74) is 3.06. The molecule has 4 nitrogen and oxygen atoms in total. The number of rotatable bonds is 5. The highest BCUT2D eigenvalue weighted by molar-refractivity contribution is 6.34. The van der Waals surface area contributed by atoms with E-state index in [0.29, 0.717) is 35.8 Å². The second kappa shape index (κ2) is 8.09. The summed E-state index contributed by atoms with van der Waals surface area (Å²) in [6.07, 6.45) is 0.585. The van der Waals surface area contributed by atoms with Crippen LogP contribution >= 0.6 is 11.6 Å². The average Bonchev–Trinajstić information content (AvgIpc) is 2.98. The summed E-state index contributed by atoms with van der Waals surface area (Å²) >= 11 is 6.25. The third-order valence-electron chi connectivity index (χ3n) is 4.87. The summed E-state index contributed by atoms with van der Waals surface area (Å²) in [7, 11) is 0. The molecule has 0 radical (unpaired) electrons. The van der Waals surface area contributed by atoms with Crippen molar-refractivity contribution in [2.24, 2.45) is 5.92 Å². The predicted octanol–water partition coefficient (Wildman–Crippen LogP) is 4.13. The lowest BCUT2D eigenvalue weighted by atomic mass is 10.1. The first-order chi connectivity index (χ1) is 12.8. The van der Waals surface area contributed by atoms with Crippen LogP contribution < -0.4 is 5.32 Å². The molecule has 1 aliphatic heterocycles. The van der Waals surface area contributed by atoms with E-state index in [1.807, 2.05) is 19.9 Å².